The number of hydrogen-bond donors (Lipinski definition) is 12. The maximum absolute atomic E-state index is 13.1. The first kappa shape index (κ1) is 57.1. The van der Waals surface area contributed by atoms with Crippen LogP contribution >= 0.6 is 0 Å². The predicted molar refractivity (Wildman–Crippen MR) is 235 cm³/mol. The molecule has 12 N–H and O–H groups in total. The number of amides is 1. The number of ether oxygens (including phenoxy) is 6. The van der Waals surface area contributed by atoms with Crippen molar-refractivity contribution in [1.29, 1.82) is 0 Å². The fourth-order valence-corrected chi connectivity index (χ4v) is 7.67. The van der Waals surface area contributed by atoms with Crippen LogP contribution in [0, 0.1) is 0 Å². The molecule has 3 rings (SSSR count). The number of aliphatic hydroxyl groups is 11. The van der Waals surface area contributed by atoms with E-state index >= 15 is 0 Å². The number of nitrogens with one attached hydrogen (secondary N) is 1. The first-order valence-corrected chi connectivity index (χ1v) is 23.4. The van der Waals surface area contributed by atoms with Gasteiger partial charge in [0.05, 0.1) is 38.6 Å². The minimum Gasteiger partial charge on any atom is -0.394 e. The molecule has 19 heteroatoms. The van der Waals surface area contributed by atoms with Gasteiger partial charge in [0.15, 0.2) is 18.9 Å². The number of carbonyl (C=O) groups excluding carboxylic acids is 1. The number of allylic oxidation sites excluding steroid dienone is 7. The van der Waals surface area contributed by atoms with Crippen LogP contribution in [0.4, 0.5) is 0 Å². The normalized spacial score (nSPS) is 34.6. The molecule has 65 heavy (non-hydrogen) atoms. The van der Waals surface area contributed by atoms with Crippen LogP contribution in [0.1, 0.15) is 104 Å². The van der Waals surface area contributed by atoms with Crippen LogP contribution in [0.25, 0.3) is 0 Å². The molecule has 0 saturated carbocycles. The molecule has 376 valence electrons. The minimum absolute atomic E-state index is 0.220. The van der Waals surface area contributed by atoms with E-state index in [1.165, 1.54) is 0 Å². The van der Waals surface area contributed by atoms with E-state index in [1.54, 1.807) is 6.08 Å². The van der Waals surface area contributed by atoms with Crippen molar-refractivity contribution in [2.45, 2.75) is 208 Å². The van der Waals surface area contributed by atoms with Crippen LogP contribution in [0.15, 0.2) is 48.6 Å². The van der Waals surface area contributed by atoms with E-state index in [9.17, 15) is 61.0 Å². The van der Waals surface area contributed by atoms with Gasteiger partial charge in [0.2, 0.25) is 5.91 Å². The summed E-state index contributed by atoms with van der Waals surface area (Å²) in [6, 6.07) is -0.977. The molecule has 3 heterocycles. The van der Waals surface area contributed by atoms with E-state index in [2.05, 4.69) is 55.6 Å². The SMILES string of the molecule is CC/C=C\C/C=C\C/C=C\CCCCCCCC(=O)NC(COC1OC(CO)C(OC2OC(CO)C(OC3OC(CO)C(O)C(O)C3O)C(O)C2O)C(O)C1O)C(O)/C=C/CCCCC. The van der Waals surface area contributed by atoms with Crippen LogP contribution in [0.3, 0.4) is 0 Å². The Morgan fingerprint density at radius 2 is 1.06 bits per heavy atom. The van der Waals surface area contributed by atoms with Gasteiger partial charge >= 0.3 is 0 Å². The molecule has 0 aromatic carbocycles. The van der Waals surface area contributed by atoms with Crippen LogP contribution in [0.5, 0.6) is 0 Å². The first-order valence-electron chi connectivity index (χ1n) is 23.4. The van der Waals surface area contributed by atoms with Crippen molar-refractivity contribution < 1.29 is 89.4 Å². The molecule has 0 aromatic heterocycles. The third-order valence-corrected chi connectivity index (χ3v) is 11.6. The highest BCUT2D eigenvalue weighted by Gasteiger charge is 2.53. The summed E-state index contributed by atoms with van der Waals surface area (Å²) in [4.78, 5) is 13.1. The summed E-state index contributed by atoms with van der Waals surface area (Å²) in [6.45, 7) is 1.40. The second-order valence-corrected chi connectivity index (χ2v) is 16.8. The third kappa shape index (κ3) is 18.6. The second-order valence-electron chi connectivity index (χ2n) is 16.8. The summed E-state index contributed by atoms with van der Waals surface area (Å²) >= 11 is 0. The van der Waals surface area contributed by atoms with Crippen molar-refractivity contribution in [2.24, 2.45) is 0 Å². The Kier molecular flexibility index (Phi) is 27.9. The molecule has 0 aromatic rings. The first-order chi connectivity index (χ1) is 31.3. The van der Waals surface area contributed by atoms with E-state index in [0.717, 1.165) is 70.6 Å². The van der Waals surface area contributed by atoms with Crippen molar-refractivity contribution in [2.75, 3.05) is 26.4 Å². The molecule has 1 amide bonds. The lowest BCUT2D eigenvalue weighted by Crippen LogP contribution is -2.66. The Hall–Kier alpha value is -2.25. The quantitative estimate of drug-likeness (QED) is 0.0334. The van der Waals surface area contributed by atoms with Crippen molar-refractivity contribution in [3.05, 3.63) is 48.6 Å². The zero-order chi connectivity index (χ0) is 47.7. The highest BCUT2D eigenvalue weighted by atomic mass is 16.8. The summed E-state index contributed by atoms with van der Waals surface area (Å²) in [5.41, 5.74) is 0. The number of rotatable bonds is 30. The molecular formula is C46H79NO18. The number of aliphatic hydroxyl groups excluding tert-OH is 11. The molecule has 0 spiro atoms. The van der Waals surface area contributed by atoms with Crippen molar-refractivity contribution in [1.82, 2.24) is 5.32 Å². The average molecular weight is 934 g/mol. The lowest BCUT2D eigenvalue weighted by atomic mass is 9.96. The summed E-state index contributed by atoms with van der Waals surface area (Å²) in [5, 5.41) is 119. The van der Waals surface area contributed by atoms with E-state index < -0.39 is 124 Å². The van der Waals surface area contributed by atoms with Crippen LogP contribution in [-0.2, 0) is 33.2 Å². The molecule has 0 aliphatic carbocycles. The van der Waals surface area contributed by atoms with Gasteiger partial charge in [0.25, 0.3) is 0 Å². The molecule has 3 aliphatic rings. The van der Waals surface area contributed by atoms with Gasteiger partial charge in [-0.1, -0.05) is 94.6 Å². The summed E-state index contributed by atoms with van der Waals surface area (Å²) < 4.78 is 33.9. The summed E-state index contributed by atoms with van der Waals surface area (Å²) in [6.07, 6.45) is 1.95. The van der Waals surface area contributed by atoms with Gasteiger partial charge in [0.1, 0.15) is 73.2 Å². The van der Waals surface area contributed by atoms with Gasteiger partial charge in [0, 0.05) is 6.42 Å². The Morgan fingerprint density at radius 3 is 1.66 bits per heavy atom. The third-order valence-electron chi connectivity index (χ3n) is 11.6. The van der Waals surface area contributed by atoms with Crippen molar-refractivity contribution >= 4 is 5.91 Å². The van der Waals surface area contributed by atoms with Crippen molar-refractivity contribution in [3.63, 3.8) is 0 Å². The second kappa shape index (κ2) is 31.7. The van der Waals surface area contributed by atoms with Gasteiger partial charge in [-0.25, -0.2) is 0 Å². The monoisotopic (exact) mass is 934 g/mol. The lowest BCUT2D eigenvalue weighted by molar-refractivity contribution is -0.379. The van der Waals surface area contributed by atoms with Crippen LogP contribution < -0.4 is 5.32 Å². The fourth-order valence-electron chi connectivity index (χ4n) is 7.67. The Labute approximate surface area is 383 Å². The number of hydrogen-bond acceptors (Lipinski definition) is 18. The Bertz CT molecular complexity index is 1400. The van der Waals surface area contributed by atoms with Gasteiger partial charge in [-0.3, -0.25) is 4.79 Å². The average Bonchev–Trinajstić information content (AvgIpc) is 3.30. The van der Waals surface area contributed by atoms with Gasteiger partial charge in [-0.05, 0) is 51.4 Å². The zero-order valence-electron chi connectivity index (χ0n) is 37.9. The molecule has 3 aliphatic heterocycles. The van der Waals surface area contributed by atoms with E-state index in [1.807, 2.05) is 6.08 Å². The fraction of sp³-hybridized carbons (Fsp3) is 0.804. The van der Waals surface area contributed by atoms with Gasteiger partial charge in [-0.15, -0.1) is 0 Å². The maximum atomic E-state index is 13.1. The topological polar surface area (TPSA) is 307 Å². The van der Waals surface area contributed by atoms with Crippen LogP contribution in [0.2, 0.25) is 0 Å². The van der Waals surface area contributed by atoms with Gasteiger partial charge in [-0.2, -0.15) is 0 Å². The highest BCUT2D eigenvalue weighted by molar-refractivity contribution is 5.76. The lowest BCUT2D eigenvalue weighted by Gasteiger charge is -2.48. The molecule has 3 fully saturated rings. The summed E-state index contributed by atoms with van der Waals surface area (Å²) in [7, 11) is 0. The molecule has 17 atom stereocenters. The largest absolute Gasteiger partial charge is 0.394 e. The van der Waals surface area contributed by atoms with Crippen molar-refractivity contribution in [3.8, 4) is 0 Å². The predicted octanol–water partition coefficient (Wildman–Crippen LogP) is 0.0230. The minimum atomic E-state index is -1.98. The van der Waals surface area contributed by atoms with E-state index in [0.29, 0.717) is 12.8 Å². The molecule has 17 unspecified atom stereocenters. The number of unbranched alkanes of at least 4 members (excludes halogenated alkanes) is 8. The maximum Gasteiger partial charge on any atom is 0.220 e. The number of carbonyl (C=O) groups is 1. The summed E-state index contributed by atoms with van der Waals surface area (Å²) in [5.74, 6) is -0.305. The molecule has 0 radical (unpaired) electrons. The molecule has 3 saturated heterocycles. The zero-order valence-corrected chi connectivity index (χ0v) is 37.9. The van der Waals surface area contributed by atoms with Gasteiger partial charge < -0.3 is 89.9 Å². The molecule has 19 nitrogen and oxygen atoms in total. The smallest absolute Gasteiger partial charge is 0.220 e. The van der Waals surface area contributed by atoms with Crippen LogP contribution in [-0.4, -0.2) is 193 Å². The van der Waals surface area contributed by atoms with E-state index in [-0.39, 0.29) is 18.9 Å². The molecule has 0 bridgehead atoms. The van der Waals surface area contributed by atoms with E-state index in [4.69, 9.17) is 28.4 Å². The Morgan fingerprint density at radius 1 is 0.569 bits per heavy atom. The standard InChI is InChI=1S/C46H79NO18/c1-3-5-7-9-10-11-12-13-14-15-16-17-18-20-22-24-34(52)47-29(30(51)23-21-19-8-6-4-2)28-60-44-40(58)37(55)42(32(26-49)62-44)65-46-41(59)38(56)43(33(27-50)63-46)64-45-39(57)36(54)35(53)31(25-48)61-45/h5,7,10-11,13-14,21,23,29-33,35-46,48-51,53-59H,3-4,6,8-9,12,15-20,22,24-28H2,1-2H3,(H,47,52)/b7-5-,11-10-,14-13-,23-21+. The highest BCUT2D eigenvalue weighted by Crippen LogP contribution is 2.33. The Balaban J connectivity index is 1.54. The molecular weight excluding hydrogens is 854 g/mol.